The molecular weight excluding hydrogens is 2120 g/mol. The SMILES string of the molecule is COC(COC(F)(F)[CH-]F)C(O)COC(F)(F)[CH-]F.COCC(O)COC(F)(F)[CH-]F.COCC(O)COCC(COC(F)(F)[CH-]F)OC(F)(F)[CH-]F.[Rf].[Rf].[Rf].[Rf].[Rf]. The summed E-state index contributed by atoms with van der Waals surface area (Å²) < 4.78 is 219. The monoisotopic (exact) mass is 2160 g/mol. The summed E-state index contributed by atoms with van der Waals surface area (Å²) in [5, 5.41) is 27.3. The number of ether oxygens (including phenoxy) is 9. The second kappa shape index (κ2) is 33.8. The third-order valence-corrected chi connectivity index (χ3v) is 4.84. The minimum Gasteiger partial charge on any atom is -0.451 e. The molecule has 0 saturated carbocycles. The van der Waals surface area contributed by atoms with Crippen LogP contribution in [0.15, 0.2) is 0 Å². The van der Waals surface area contributed by atoms with Crippen LogP contribution in [0.25, 0.3) is 0 Å². The molecule has 0 aliphatic carbocycles. The molecule has 0 spiro atoms. The quantitative estimate of drug-likeness (QED) is 0.0721. The van der Waals surface area contributed by atoms with Gasteiger partial charge in [-0.1, -0.05) is 33.4 Å². The Bertz CT molecular complexity index is 897. The predicted molar refractivity (Wildman–Crippen MR) is 144 cm³/mol. The molecule has 32 heteroatoms. The first-order valence-electron chi connectivity index (χ1n) is 13.8. The first kappa shape index (κ1) is 69.4. The number of alkyl halides is 10. The van der Waals surface area contributed by atoms with E-state index in [4.69, 9.17) is 9.84 Å². The summed E-state index contributed by atoms with van der Waals surface area (Å²) >= 11 is 0. The van der Waals surface area contributed by atoms with Crippen molar-refractivity contribution in [1.82, 2.24) is 0 Å². The smallest absolute Gasteiger partial charge is 0.258 e. The molecule has 0 heterocycles. The van der Waals surface area contributed by atoms with Crippen LogP contribution in [0.3, 0.4) is 0 Å². The van der Waals surface area contributed by atoms with Gasteiger partial charge in [-0.15, -0.1) is 0 Å². The van der Waals surface area contributed by atoms with Crippen molar-refractivity contribution in [1.29, 1.82) is 0 Å². The van der Waals surface area contributed by atoms with Gasteiger partial charge in [0.1, 0.15) is 30.5 Å². The number of aliphatic hydroxyl groups excluding tert-OH is 3. The zero-order valence-electron chi connectivity index (χ0n) is 31.2. The van der Waals surface area contributed by atoms with Crippen LogP contribution in [0.5, 0.6) is 0 Å². The summed E-state index contributed by atoms with van der Waals surface area (Å²) in [6.45, 7) is -10.5. The number of aliphatic hydroxyl groups is 3. The molecule has 5 atom stereocenters. The molecular formula is C26H38F15O12Rf5-5. The van der Waals surface area contributed by atoms with Crippen LogP contribution < -0.4 is 0 Å². The first-order chi connectivity index (χ1) is 24.3. The average Bonchev–Trinajstić information content (AvgIpc) is 3.10. The van der Waals surface area contributed by atoms with Crippen molar-refractivity contribution < 1.29 is 124 Å². The summed E-state index contributed by atoms with van der Waals surface area (Å²) in [5.74, 6) is 0. The van der Waals surface area contributed by atoms with Crippen LogP contribution >= 0.6 is 0 Å². The summed E-state index contributed by atoms with van der Waals surface area (Å²) in [6, 6.07) is 0. The minimum atomic E-state index is -4.36. The number of halogens is 15. The molecule has 0 aromatic heterocycles. The fourth-order valence-corrected chi connectivity index (χ4v) is 2.55. The van der Waals surface area contributed by atoms with Crippen molar-refractivity contribution >= 4 is 0 Å². The van der Waals surface area contributed by atoms with Gasteiger partial charge in [-0.2, -0.15) is 0 Å². The molecule has 3 N–H and O–H groups in total. The van der Waals surface area contributed by atoms with E-state index in [9.17, 15) is 76.1 Å². The fourth-order valence-electron chi connectivity index (χ4n) is 2.55. The van der Waals surface area contributed by atoms with Gasteiger partial charge in [-0.25, -0.2) is 43.9 Å². The van der Waals surface area contributed by atoms with Crippen LogP contribution in [-0.4, -0.2) is 151 Å². The van der Waals surface area contributed by atoms with Gasteiger partial charge in [-0.05, 0) is 0 Å². The number of methoxy groups -OCH3 is 3. The van der Waals surface area contributed by atoms with Gasteiger partial charge in [0.05, 0.1) is 52.9 Å². The van der Waals surface area contributed by atoms with E-state index in [0.29, 0.717) is 0 Å². The Labute approximate surface area is 293 Å². The third-order valence-electron chi connectivity index (χ3n) is 4.84. The van der Waals surface area contributed by atoms with Gasteiger partial charge in [0.15, 0.2) is 0 Å². The Kier molecular flexibility index (Phi) is 40.4. The van der Waals surface area contributed by atoms with E-state index in [1.807, 2.05) is 0 Å². The molecule has 0 fully saturated rings. The Hall–Kier alpha value is -6.53. The second-order valence-corrected chi connectivity index (χ2v) is 9.44. The minimum absolute atomic E-state index is 0. The molecule has 0 radical (unpaired) electrons. The van der Waals surface area contributed by atoms with E-state index in [1.165, 1.54) is 14.2 Å². The Morgan fingerprint density at radius 3 is 1.10 bits per heavy atom. The van der Waals surface area contributed by atoms with E-state index in [0.717, 1.165) is 7.11 Å². The van der Waals surface area contributed by atoms with Gasteiger partial charge >= 0.3 is 0 Å². The molecule has 0 rings (SSSR count). The summed E-state index contributed by atoms with van der Waals surface area (Å²) in [5.41, 5.74) is 0. The largest absolute Gasteiger partial charge is 0.451 e. The fraction of sp³-hybridized carbons (Fsp3) is 0.808. The van der Waals surface area contributed by atoms with Crippen LogP contribution in [0.2, 0.25) is 0 Å². The molecule has 0 saturated heterocycles. The zero-order valence-corrected chi connectivity index (χ0v) is 63.1. The topological polar surface area (TPSA) is 144 Å². The van der Waals surface area contributed by atoms with E-state index < -0.39 is 127 Å². The molecule has 12 nitrogen and oxygen atoms in total. The van der Waals surface area contributed by atoms with E-state index in [-0.39, 0.29) is 19.8 Å². The zero-order chi connectivity index (χ0) is 41.9. The van der Waals surface area contributed by atoms with Gasteiger partial charge in [0, 0.05) is 21.3 Å². The third kappa shape index (κ3) is 37.8. The van der Waals surface area contributed by atoms with Crippen molar-refractivity contribution in [2.24, 2.45) is 0 Å². The maximum Gasteiger partial charge on any atom is 0.258 e. The van der Waals surface area contributed by atoms with Crippen LogP contribution in [-0.2, 0) is 42.6 Å². The van der Waals surface area contributed by atoms with Gasteiger partial charge < -0.3 is 79.9 Å². The first-order valence-corrected chi connectivity index (χ1v) is 13.8. The van der Waals surface area contributed by atoms with Crippen LogP contribution in [0.4, 0.5) is 65.9 Å². The molecule has 5 unspecified atom stereocenters. The normalized spacial score (nSPS) is 14.4. The molecule has 0 aliphatic rings. The van der Waals surface area contributed by atoms with E-state index in [2.05, 4.69) is 37.9 Å². The molecule has 58 heavy (non-hydrogen) atoms. The van der Waals surface area contributed by atoms with Gasteiger partial charge in [0.2, 0.25) is 0 Å². The predicted octanol–water partition coefficient (Wildman–Crippen LogP) is 4.44. The van der Waals surface area contributed by atoms with E-state index in [1.54, 1.807) is 0 Å². The van der Waals surface area contributed by atoms with Crippen molar-refractivity contribution in [2.75, 3.05) is 74.2 Å². The number of rotatable bonds is 29. The Morgan fingerprint density at radius 2 is 0.759 bits per heavy atom. The maximum atomic E-state index is 12.7. The van der Waals surface area contributed by atoms with E-state index >= 15 is 0 Å². The summed E-state index contributed by atoms with van der Waals surface area (Å²) in [4.78, 5) is 0. The van der Waals surface area contributed by atoms with Crippen LogP contribution in [0, 0.1) is 33.4 Å². The van der Waals surface area contributed by atoms with Crippen molar-refractivity contribution in [3.63, 3.8) is 0 Å². The number of hydrogen-bond donors (Lipinski definition) is 3. The van der Waals surface area contributed by atoms with Gasteiger partial charge in [-0.3, -0.25) is 0 Å². The summed E-state index contributed by atoms with van der Waals surface area (Å²) in [7, 11) is 3.55. The molecule has 0 aromatic rings. The molecule has 0 bridgehead atoms. The summed E-state index contributed by atoms with van der Waals surface area (Å²) in [6.07, 6.45) is -28.5. The maximum absolute atomic E-state index is 12.7. The average molecular weight is 2160 g/mol. The van der Waals surface area contributed by atoms with Gasteiger partial charge in [0.25, 0.3) is 30.5 Å². The van der Waals surface area contributed by atoms with Crippen LogP contribution in [0.1, 0.15) is 0 Å². The molecule has 334 valence electrons. The van der Waals surface area contributed by atoms with Crippen molar-refractivity contribution in [3.8, 4) is 0 Å². The standard InChI is InChI=1S/C11H16F6O5.C9H12F6O4.C6H10F3O3.5Rf/c1-19-2-8(18)3-20-4-9(22-11(16,17)7-13)5-21-10(14,15)6-12;1-17-7(3-19-9(14,15)5-11)6(16)2-18-8(12,13)4-10;1-11-2-5(10)3-12-6(8,9)4-7;;;;;/h6-9,18H,2-5H2,1H3;4-7,16H,2-3H2,1H3;4-5,10H,2-3H2,1H3;;;;;/q2*-2;-1;;;;;. The molecule has 0 aliphatic heterocycles. The van der Waals surface area contributed by atoms with Crippen molar-refractivity contribution in [3.05, 3.63) is 33.4 Å². The molecule has 0 amide bonds. The Balaban J connectivity index is -0.000000107. The second-order valence-electron chi connectivity index (χ2n) is 9.44. The number of hydrogen-bond acceptors (Lipinski definition) is 12. The molecule has 0 aromatic carbocycles. The van der Waals surface area contributed by atoms with Crippen molar-refractivity contribution in [2.45, 2.75) is 61.1 Å². The Morgan fingerprint density at radius 1 is 0.431 bits per heavy atom.